The maximum absolute atomic E-state index is 13.1. The summed E-state index contributed by atoms with van der Waals surface area (Å²) in [6.07, 6.45) is -3.20. The Morgan fingerprint density at radius 3 is 2.31 bits per heavy atom. The molecule has 0 bridgehead atoms. The van der Waals surface area contributed by atoms with E-state index in [-0.39, 0.29) is 17.5 Å². The van der Waals surface area contributed by atoms with Gasteiger partial charge in [0.15, 0.2) is 5.82 Å². The van der Waals surface area contributed by atoms with Crippen LogP contribution >= 0.6 is 0 Å². The number of halogens is 3. The highest BCUT2D eigenvalue weighted by Gasteiger charge is 2.33. The third kappa shape index (κ3) is 4.27. The summed E-state index contributed by atoms with van der Waals surface area (Å²) in [6.45, 7) is 3.92. The van der Waals surface area contributed by atoms with Gasteiger partial charge in [0.25, 0.3) is 0 Å². The fraction of sp³-hybridized carbons (Fsp3) is 0.167. The van der Waals surface area contributed by atoms with Crippen molar-refractivity contribution in [2.24, 2.45) is 0 Å². The first-order valence-electron chi connectivity index (χ1n) is 7.79. The summed E-state index contributed by atoms with van der Waals surface area (Å²) in [5.41, 5.74) is 2.03. The third-order valence-electron chi connectivity index (χ3n) is 3.53. The van der Waals surface area contributed by atoms with Crippen LogP contribution < -0.4 is 10.6 Å². The summed E-state index contributed by atoms with van der Waals surface area (Å²) in [6, 6.07) is 11.0. The second-order valence-corrected chi connectivity index (χ2v) is 5.83. The van der Waals surface area contributed by atoms with Gasteiger partial charge in [0.05, 0.1) is 17.4 Å². The molecule has 5 nitrogen and oxygen atoms in total. The number of aryl methyl sites for hydroxylation is 2. The van der Waals surface area contributed by atoms with Crippen LogP contribution in [0.15, 0.2) is 48.7 Å². The summed E-state index contributed by atoms with van der Waals surface area (Å²) in [5.74, 6) is 0.341. The van der Waals surface area contributed by atoms with Crippen molar-refractivity contribution in [3.63, 3.8) is 0 Å². The number of nitrogens with one attached hydrogen (secondary N) is 2. The number of alkyl halides is 3. The monoisotopic (exact) mass is 359 g/mol. The molecule has 0 saturated carbocycles. The normalized spacial score (nSPS) is 11.3. The Bertz CT molecular complexity index is 904. The van der Waals surface area contributed by atoms with E-state index in [0.29, 0.717) is 0 Å². The molecule has 0 aliphatic rings. The van der Waals surface area contributed by atoms with Crippen LogP contribution in [0, 0.1) is 13.8 Å². The maximum atomic E-state index is 13.1. The lowest BCUT2D eigenvalue weighted by Gasteiger charge is -2.14. The number of rotatable bonds is 4. The molecule has 0 spiro atoms. The Morgan fingerprint density at radius 2 is 1.62 bits per heavy atom. The van der Waals surface area contributed by atoms with Crippen LogP contribution in [-0.4, -0.2) is 15.2 Å². The highest BCUT2D eigenvalue weighted by atomic mass is 19.4. The van der Waals surface area contributed by atoms with Gasteiger partial charge in [0.1, 0.15) is 0 Å². The minimum absolute atomic E-state index is 0.0992. The highest BCUT2D eigenvalue weighted by Crippen LogP contribution is 2.35. The van der Waals surface area contributed by atoms with Gasteiger partial charge in [-0.1, -0.05) is 18.2 Å². The van der Waals surface area contributed by atoms with Crippen molar-refractivity contribution in [2.75, 3.05) is 10.6 Å². The van der Waals surface area contributed by atoms with Crippen molar-refractivity contribution < 1.29 is 13.2 Å². The zero-order valence-corrected chi connectivity index (χ0v) is 14.1. The van der Waals surface area contributed by atoms with Crippen molar-refractivity contribution in [1.29, 1.82) is 0 Å². The molecule has 26 heavy (non-hydrogen) atoms. The zero-order valence-electron chi connectivity index (χ0n) is 14.1. The molecular formula is C18H16F3N5. The lowest BCUT2D eigenvalue weighted by molar-refractivity contribution is -0.136. The Kier molecular flexibility index (Phi) is 4.75. The number of hydrogen-bond donors (Lipinski definition) is 2. The molecule has 3 aromatic rings. The molecule has 0 unspecified atom stereocenters. The molecule has 0 aliphatic carbocycles. The Balaban J connectivity index is 1.85. The average Bonchev–Trinajstić information content (AvgIpc) is 2.53. The number of hydrogen-bond acceptors (Lipinski definition) is 5. The molecule has 1 aromatic heterocycles. The average molecular weight is 359 g/mol. The van der Waals surface area contributed by atoms with Gasteiger partial charge in [-0.2, -0.15) is 23.3 Å². The zero-order chi connectivity index (χ0) is 18.7. The Labute approximate surface area is 148 Å². The first kappa shape index (κ1) is 17.7. The molecule has 8 heteroatoms. The van der Waals surface area contributed by atoms with Crippen LogP contribution in [0.25, 0.3) is 0 Å². The van der Waals surface area contributed by atoms with Crippen molar-refractivity contribution in [1.82, 2.24) is 15.2 Å². The number of benzene rings is 2. The molecule has 2 N–H and O–H groups in total. The van der Waals surface area contributed by atoms with Crippen LogP contribution in [0.3, 0.4) is 0 Å². The van der Waals surface area contributed by atoms with Crippen LogP contribution in [0.2, 0.25) is 0 Å². The molecule has 1 heterocycles. The number of para-hydroxylation sites is 1. The Morgan fingerprint density at radius 1 is 0.923 bits per heavy atom. The number of aromatic nitrogens is 3. The minimum atomic E-state index is -4.47. The summed E-state index contributed by atoms with van der Waals surface area (Å²) < 4.78 is 39.3. The van der Waals surface area contributed by atoms with Crippen LogP contribution in [0.4, 0.5) is 36.3 Å². The summed E-state index contributed by atoms with van der Waals surface area (Å²) in [7, 11) is 0. The van der Waals surface area contributed by atoms with Gasteiger partial charge in [-0.3, -0.25) is 0 Å². The number of nitrogens with zero attached hydrogens (tertiary/aromatic N) is 3. The maximum Gasteiger partial charge on any atom is 0.418 e. The molecule has 0 aliphatic heterocycles. The van der Waals surface area contributed by atoms with Gasteiger partial charge in [-0.05, 0) is 49.2 Å². The standard InChI is InChI=1S/C18H16F3N5/c1-11-7-12(2)9-13(8-11)23-17-25-16(10-22-26-17)24-15-6-4-3-5-14(15)18(19,20)21/h3-10H,1-2H3,(H2,23,24,25,26). The molecular weight excluding hydrogens is 343 g/mol. The molecule has 0 fully saturated rings. The predicted octanol–water partition coefficient (Wildman–Crippen LogP) is 4.99. The van der Waals surface area contributed by atoms with E-state index in [1.807, 2.05) is 32.0 Å². The fourth-order valence-electron chi connectivity index (χ4n) is 2.57. The fourth-order valence-corrected chi connectivity index (χ4v) is 2.57. The van der Waals surface area contributed by atoms with Crippen molar-refractivity contribution in [3.05, 3.63) is 65.4 Å². The van der Waals surface area contributed by atoms with Crippen molar-refractivity contribution >= 4 is 23.1 Å². The van der Waals surface area contributed by atoms with Gasteiger partial charge in [-0.15, -0.1) is 5.10 Å². The molecule has 0 saturated heterocycles. The minimum Gasteiger partial charge on any atom is -0.338 e. The molecule has 3 rings (SSSR count). The first-order valence-corrected chi connectivity index (χ1v) is 7.79. The quantitative estimate of drug-likeness (QED) is 0.687. The lowest BCUT2D eigenvalue weighted by Crippen LogP contribution is -2.09. The van der Waals surface area contributed by atoms with Gasteiger partial charge in [-0.25, -0.2) is 0 Å². The van der Waals surface area contributed by atoms with E-state index < -0.39 is 11.7 Å². The lowest BCUT2D eigenvalue weighted by atomic mass is 10.1. The molecule has 0 amide bonds. The van der Waals surface area contributed by atoms with Crippen LogP contribution in [0.1, 0.15) is 16.7 Å². The van der Waals surface area contributed by atoms with Crippen LogP contribution in [-0.2, 0) is 6.18 Å². The molecule has 0 radical (unpaired) electrons. The highest BCUT2D eigenvalue weighted by molar-refractivity contribution is 5.62. The second-order valence-electron chi connectivity index (χ2n) is 5.83. The van der Waals surface area contributed by atoms with E-state index in [1.54, 1.807) is 0 Å². The van der Waals surface area contributed by atoms with E-state index in [4.69, 9.17) is 0 Å². The van der Waals surface area contributed by atoms with Crippen molar-refractivity contribution in [3.8, 4) is 0 Å². The van der Waals surface area contributed by atoms with E-state index in [2.05, 4.69) is 25.8 Å². The summed E-state index contributed by atoms with van der Waals surface area (Å²) >= 11 is 0. The van der Waals surface area contributed by atoms with E-state index >= 15 is 0 Å². The molecule has 134 valence electrons. The second kappa shape index (κ2) is 6.99. The Hall–Kier alpha value is -3.16. The van der Waals surface area contributed by atoms with Gasteiger partial charge in [0.2, 0.25) is 5.95 Å². The third-order valence-corrected chi connectivity index (χ3v) is 3.53. The van der Waals surface area contributed by atoms with Crippen LogP contribution in [0.5, 0.6) is 0 Å². The topological polar surface area (TPSA) is 62.7 Å². The largest absolute Gasteiger partial charge is 0.418 e. The molecule has 0 atom stereocenters. The smallest absolute Gasteiger partial charge is 0.338 e. The summed E-state index contributed by atoms with van der Waals surface area (Å²) in [4.78, 5) is 4.18. The predicted molar refractivity (Wildman–Crippen MR) is 93.8 cm³/mol. The van der Waals surface area contributed by atoms with Gasteiger partial charge < -0.3 is 10.6 Å². The SMILES string of the molecule is Cc1cc(C)cc(Nc2nncc(Nc3ccccc3C(F)(F)F)n2)c1. The number of anilines is 4. The van der Waals surface area contributed by atoms with Gasteiger partial charge in [0, 0.05) is 5.69 Å². The van der Waals surface area contributed by atoms with E-state index in [9.17, 15) is 13.2 Å². The van der Waals surface area contributed by atoms with E-state index in [1.165, 1.54) is 24.4 Å². The van der Waals surface area contributed by atoms with E-state index in [0.717, 1.165) is 22.9 Å². The molecule has 2 aromatic carbocycles. The van der Waals surface area contributed by atoms with Gasteiger partial charge >= 0.3 is 6.18 Å². The first-order chi connectivity index (χ1) is 12.3. The summed E-state index contributed by atoms with van der Waals surface area (Å²) in [5, 5.41) is 13.3. The van der Waals surface area contributed by atoms with Crippen molar-refractivity contribution in [2.45, 2.75) is 20.0 Å².